The number of carbonyl (C=O) groups excluding carboxylic acids is 1. The number of aliphatic carboxylic acids is 1. The molecule has 0 heterocycles. The number of carbonyl (C=O) groups is 2. The summed E-state index contributed by atoms with van der Waals surface area (Å²) >= 11 is 0. The average molecular weight is 351 g/mol. The Morgan fingerprint density at radius 1 is 1.20 bits per heavy atom. The van der Waals surface area contributed by atoms with Crippen LogP contribution in [0.5, 0.6) is 0 Å². The molecule has 0 aliphatic rings. The van der Waals surface area contributed by atoms with E-state index in [0.717, 1.165) is 12.0 Å². The van der Waals surface area contributed by atoms with Crippen molar-refractivity contribution in [2.24, 2.45) is 11.8 Å². The van der Waals surface area contributed by atoms with Crippen LogP contribution < -0.4 is 5.32 Å². The molecule has 1 amide bonds. The number of nitrogens with one attached hydrogen (secondary N) is 1. The van der Waals surface area contributed by atoms with E-state index in [1.165, 1.54) is 0 Å². The van der Waals surface area contributed by atoms with Crippen molar-refractivity contribution in [3.8, 4) is 0 Å². The van der Waals surface area contributed by atoms with Gasteiger partial charge < -0.3 is 19.9 Å². The molecule has 1 aromatic carbocycles. The third-order valence-electron chi connectivity index (χ3n) is 3.95. The predicted molar refractivity (Wildman–Crippen MR) is 95.3 cm³/mol. The van der Waals surface area contributed by atoms with Crippen LogP contribution in [0, 0.1) is 11.8 Å². The molecule has 2 unspecified atom stereocenters. The zero-order chi connectivity index (χ0) is 18.5. The Bertz CT molecular complexity index is 506. The third kappa shape index (κ3) is 10.4. The van der Waals surface area contributed by atoms with Gasteiger partial charge in [0.15, 0.2) is 0 Å². The van der Waals surface area contributed by atoms with Crippen LogP contribution in [0.1, 0.15) is 38.7 Å². The van der Waals surface area contributed by atoms with Gasteiger partial charge >= 0.3 is 12.1 Å². The molecule has 0 saturated carbocycles. The number of carboxylic acids is 1. The van der Waals surface area contributed by atoms with Crippen molar-refractivity contribution in [1.82, 2.24) is 5.32 Å². The lowest BCUT2D eigenvalue weighted by molar-refractivity contribution is -0.138. The van der Waals surface area contributed by atoms with Crippen LogP contribution in [0.2, 0.25) is 0 Å². The number of benzene rings is 1. The maximum Gasteiger partial charge on any atom is 0.407 e. The first-order valence-corrected chi connectivity index (χ1v) is 8.75. The summed E-state index contributed by atoms with van der Waals surface area (Å²) in [6.07, 6.45) is 1.09. The second-order valence-corrected chi connectivity index (χ2v) is 6.29. The normalized spacial score (nSPS) is 13.0. The lowest BCUT2D eigenvalue weighted by atomic mass is 10.0. The van der Waals surface area contributed by atoms with Gasteiger partial charge in [-0.2, -0.15) is 0 Å². The van der Waals surface area contributed by atoms with E-state index < -0.39 is 12.1 Å². The zero-order valence-corrected chi connectivity index (χ0v) is 15.1. The second kappa shape index (κ2) is 12.3. The number of carboxylic acid groups (broad SMARTS) is 1. The Hall–Kier alpha value is -2.08. The van der Waals surface area contributed by atoms with Crippen molar-refractivity contribution < 1.29 is 24.2 Å². The van der Waals surface area contributed by atoms with Crippen LogP contribution in [0.4, 0.5) is 4.79 Å². The van der Waals surface area contributed by atoms with Crippen molar-refractivity contribution in [3.05, 3.63) is 35.9 Å². The molecular weight excluding hydrogens is 322 g/mol. The van der Waals surface area contributed by atoms with E-state index in [-0.39, 0.29) is 18.9 Å². The van der Waals surface area contributed by atoms with E-state index in [0.29, 0.717) is 32.1 Å². The highest BCUT2D eigenvalue weighted by Crippen LogP contribution is 2.11. The van der Waals surface area contributed by atoms with Crippen LogP contribution in [-0.2, 0) is 20.9 Å². The van der Waals surface area contributed by atoms with Gasteiger partial charge in [-0.3, -0.25) is 4.79 Å². The Balaban J connectivity index is 2.25. The molecular formula is C19H29NO5. The van der Waals surface area contributed by atoms with Crippen LogP contribution in [0.3, 0.4) is 0 Å². The summed E-state index contributed by atoms with van der Waals surface area (Å²) in [4.78, 5) is 22.6. The molecule has 0 spiro atoms. The van der Waals surface area contributed by atoms with Gasteiger partial charge in [-0.25, -0.2) is 4.79 Å². The minimum atomic E-state index is -0.858. The third-order valence-corrected chi connectivity index (χ3v) is 3.95. The van der Waals surface area contributed by atoms with Gasteiger partial charge in [0.1, 0.15) is 6.61 Å². The fourth-order valence-electron chi connectivity index (χ4n) is 2.20. The molecule has 6 heteroatoms. The van der Waals surface area contributed by atoms with Crippen LogP contribution in [-0.4, -0.2) is 36.9 Å². The first-order valence-electron chi connectivity index (χ1n) is 8.75. The molecule has 2 atom stereocenters. The second-order valence-electron chi connectivity index (χ2n) is 6.29. The van der Waals surface area contributed by atoms with E-state index in [1.54, 1.807) is 0 Å². The van der Waals surface area contributed by atoms with Crippen molar-refractivity contribution in [2.75, 3.05) is 19.8 Å². The number of rotatable bonds is 12. The minimum Gasteiger partial charge on any atom is -0.481 e. The van der Waals surface area contributed by atoms with Crippen molar-refractivity contribution in [1.29, 1.82) is 0 Å². The largest absolute Gasteiger partial charge is 0.481 e. The molecule has 0 aliphatic carbocycles. The van der Waals surface area contributed by atoms with E-state index in [9.17, 15) is 9.59 Å². The first kappa shape index (κ1) is 21.0. The topological polar surface area (TPSA) is 84.9 Å². The highest BCUT2D eigenvalue weighted by molar-refractivity contribution is 5.67. The molecule has 0 fully saturated rings. The molecule has 1 aromatic rings. The lowest BCUT2D eigenvalue weighted by Crippen LogP contribution is -2.28. The van der Waals surface area contributed by atoms with E-state index >= 15 is 0 Å². The van der Waals surface area contributed by atoms with Gasteiger partial charge in [-0.15, -0.1) is 0 Å². The maximum atomic E-state index is 11.7. The number of hydrogen-bond donors (Lipinski definition) is 2. The number of alkyl carbamates (subject to hydrolysis) is 1. The van der Waals surface area contributed by atoms with Crippen molar-refractivity contribution in [2.45, 2.75) is 39.7 Å². The summed E-state index contributed by atoms with van der Waals surface area (Å²) in [5.41, 5.74) is 0.917. The van der Waals surface area contributed by atoms with Gasteiger partial charge in [0, 0.05) is 13.2 Å². The summed E-state index contributed by atoms with van der Waals surface area (Å²) in [7, 11) is 0. The lowest BCUT2D eigenvalue weighted by Gasteiger charge is -2.17. The minimum absolute atomic E-state index is 0.0290. The summed E-state index contributed by atoms with van der Waals surface area (Å²) in [6.45, 7) is 5.77. The number of hydrogen-bond acceptors (Lipinski definition) is 4. The Morgan fingerprint density at radius 2 is 1.92 bits per heavy atom. The van der Waals surface area contributed by atoms with Gasteiger partial charge in [-0.1, -0.05) is 50.6 Å². The van der Waals surface area contributed by atoms with E-state index in [2.05, 4.69) is 19.2 Å². The predicted octanol–water partition coefficient (Wildman–Crippen LogP) is 3.46. The highest BCUT2D eigenvalue weighted by atomic mass is 16.5. The smallest absolute Gasteiger partial charge is 0.407 e. The molecule has 6 nitrogen and oxygen atoms in total. The Labute approximate surface area is 149 Å². The fraction of sp³-hybridized carbons (Fsp3) is 0.579. The van der Waals surface area contributed by atoms with Gasteiger partial charge in [0.25, 0.3) is 0 Å². The zero-order valence-electron chi connectivity index (χ0n) is 15.1. The SMILES string of the molecule is CCC(C)COCC(CCNC(=O)OCc1ccccc1)CC(=O)O. The fourth-order valence-corrected chi connectivity index (χ4v) is 2.20. The summed E-state index contributed by atoms with van der Waals surface area (Å²) in [5, 5.41) is 11.6. The molecule has 25 heavy (non-hydrogen) atoms. The van der Waals surface area contributed by atoms with Gasteiger partial charge in [-0.05, 0) is 23.8 Å². The molecule has 2 N–H and O–H groups in total. The monoisotopic (exact) mass is 351 g/mol. The van der Waals surface area contributed by atoms with Crippen LogP contribution >= 0.6 is 0 Å². The molecule has 0 aliphatic heterocycles. The van der Waals surface area contributed by atoms with Crippen LogP contribution in [0.25, 0.3) is 0 Å². The quantitative estimate of drug-likeness (QED) is 0.602. The molecule has 1 rings (SSSR count). The first-order chi connectivity index (χ1) is 12.0. The molecule has 0 bridgehead atoms. The molecule has 140 valence electrons. The van der Waals surface area contributed by atoms with E-state index in [1.807, 2.05) is 30.3 Å². The Morgan fingerprint density at radius 3 is 2.56 bits per heavy atom. The van der Waals surface area contributed by atoms with Gasteiger partial charge in [0.05, 0.1) is 13.0 Å². The number of ether oxygens (including phenoxy) is 2. The molecule has 0 aromatic heterocycles. The van der Waals surface area contributed by atoms with Crippen LogP contribution in [0.15, 0.2) is 30.3 Å². The highest BCUT2D eigenvalue weighted by Gasteiger charge is 2.15. The summed E-state index contributed by atoms with van der Waals surface area (Å²) in [6, 6.07) is 9.42. The van der Waals surface area contributed by atoms with E-state index in [4.69, 9.17) is 14.6 Å². The van der Waals surface area contributed by atoms with Gasteiger partial charge in [0.2, 0.25) is 0 Å². The summed E-state index contributed by atoms with van der Waals surface area (Å²) < 4.78 is 10.7. The van der Waals surface area contributed by atoms with Crippen molar-refractivity contribution >= 4 is 12.1 Å². The molecule has 0 radical (unpaired) electrons. The average Bonchev–Trinajstić information content (AvgIpc) is 2.60. The van der Waals surface area contributed by atoms with Crippen molar-refractivity contribution in [3.63, 3.8) is 0 Å². The number of amides is 1. The maximum absolute atomic E-state index is 11.7. The Kier molecular flexibility index (Phi) is 10.3. The summed E-state index contributed by atoms with van der Waals surface area (Å²) in [5.74, 6) is -0.531. The standard InChI is InChI=1S/C19H29NO5/c1-3-15(2)12-24-13-17(11-18(21)22)9-10-20-19(23)25-14-16-7-5-4-6-8-16/h4-8,15,17H,3,9-14H2,1-2H3,(H,20,23)(H,21,22). The molecule has 0 saturated heterocycles.